The highest BCUT2D eigenvalue weighted by Gasteiger charge is 2.20. The molecule has 0 aliphatic rings. The van der Waals surface area contributed by atoms with Gasteiger partial charge in [0.05, 0.1) is 12.3 Å². The molecule has 0 radical (unpaired) electrons. The normalized spacial score (nSPS) is 12.5. The molecule has 0 fully saturated rings. The molecule has 2 heterocycles. The number of Topliss-reactive ketones (excluding diaryl/α,β-unsaturated/α-hetero) is 1. The van der Waals surface area contributed by atoms with Crippen molar-refractivity contribution in [1.82, 2.24) is 9.97 Å². The molecular formula is C16H23N3O2S. The van der Waals surface area contributed by atoms with Gasteiger partial charge < -0.3 is 15.0 Å². The monoisotopic (exact) mass is 321 g/mol. The molecule has 2 rings (SSSR count). The largest absolute Gasteiger partial charge is 0.383 e. The van der Waals surface area contributed by atoms with Crippen molar-refractivity contribution in [3.63, 3.8) is 0 Å². The van der Waals surface area contributed by atoms with Crippen molar-refractivity contribution >= 4 is 22.3 Å². The zero-order chi connectivity index (χ0) is 16.4. The van der Waals surface area contributed by atoms with E-state index in [0.29, 0.717) is 6.61 Å². The average Bonchev–Trinajstić information content (AvgIpc) is 2.89. The van der Waals surface area contributed by atoms with Gasteiger partial charge in [0.15, 0.2) is 10.9 Å². The lowest BCUT2D eigenvalue weighted by Gasteiger charge is -2.10. The SMILES string of the molecule is COC[C@H](C)Nc1nc(-c2[nH]c(C)c(C(C)=O)c2C)c(C)s1. The van der Waals surface area contributed by atoms with Gasteiger partial charge in [0.2, 0.25) is 0 Å². The van der Waals surface area contributed by atoms with Crippen LogP contribution in [0.25, 0.3) is 11.4 Å². The summed E-state index contributed by atoms with van der Waals surface area (Å²) < 4.78 is 5.13. The standard InChI is InChI=1S/C16H23N3O2S/c1-8(7-21-6)17-16-19-15(12(5)22-16)14-9(2)13(11(4)20)10(3)18-14/h8,18H,7H2,1-6H3,(H,17,19)/t8-/m0/s1. The second kappa shape index (κ2) is 6.62. The summed E-state index contributed by atoms with van der Waals surface area (Å²) in [6, 6.07) is 0.197. The Kier molecular flexibility index (Phi) is 5.03. The predicted molar refractivity (Wildman–Crippen MR) is 91.1 cm³/mol. The second-order valence-electron chi connectivity index (χ2n) is 5.61. The minimum absolute atomic E-state index is 0.0810. The first-order valence-electron chi connectivity index (χ1n) is 7.28. The number of aryl methyl sites for hydroxylation is 2. The Morgan fingerprint density at radius 2 is 2.09 bits per heavy atom. The number of methoxy groups -OCH3 is 1. The number of thiazole rings is 1. The molecule has 0 bridgehead atoms. The molecule has 0 saturated carbocycles. The number of H-pyrrole nitrogens is 1. The third-order valence-electron chi connectivity index (χ3n) is 3.61. The van der Waals surface area contributed by atoms with E-state index in [4.69, 9.17) is 4.74 Å². The van der Waals surface area contributed by atoms with E-state index in [2.05, 4.69) is 22.2 Å². The second-order valence-corrected chi connectivity index (χ2v) is 6.81. The summed E-state index contributed by atoms with van der Waals surface area (Å²) in [5, 5.41) is 4.21. The highest BCUT2D eigenvalue weighted by Crippen LogP contribution is 2.34. The molecule has 2 aromatic heterocycles. The van der Waals surface area contributed by atoms with Gasteiger partial charge >= 0.3 is 0 Å². The summed E-state index contributed by atoms with van der Waals surface area (Å²) in [6.07, 6.45) is 0. The van der Waals surface area contributed by atoms with Crippen LogP contribution in [0.5, 0.6) is 0 Å². The highest BCUT2D eigenvalue weighted by atomic mass is 32.1. The fourth-order valence-electron chi connectivity index (χ4n) is 2.71. The Labute approximate surface area is 135 Å². The number of carbonyl (C=O) groups excluding carboxylic acids is 1. The van der Waals surface area contributed by atoms with Crippen LogP contribution in [0.2, 0.25) is 0 Å². The van der Waals surface area contributed by atoms with Crippen LogP contribution >= 0.6 is 11.3 Å². The van der Waals surface area contributed by atoms with E-state index in [1.807, 2.05) is 20.8 Å². The summed E-state index contributed by atoms with van der Waals surface area (Å²) in [5.74, 6) is 0.0810. The van der Waals surface area contributed by atoms with Crippen LogP contribution < -0.4 is 5.32 Å². The molecule has 1 atom stereocenters. The van der Waals surface area contributed by atoms with Gasteiger partial charge in [-0.1, -0.05) is 0 Å². The van der Waals surface area contributed by atoms with Crippen molar-refractivity contribution in [2.75, 3.05) is 19.0 Å². The summed E-state index contributed by atoms with van der Waals surface area (Å²) in [7, 11) is 1.69. The molecule has 22 heavy (non-hydrogen) atoms. The highest BCUT2D eigenvalue weighted by molar-refractivity contribution is 7.16. The number of hydrogen-bond donors (Lipinski definition) is 2. The zero-order valence-corrected chi connectivity index (χ0v) is 14.8. The molecule has 0 spiro atoms. The molecule has 0 aromatic carbocycles. The Morgan fingerprint density at radius 3 is 2.64 bits per heavy atom. The van der Waals surface area contributed by atoms with Crippen LogP contribution in [0, 0.1) is 20.8 Å². The number of nitrogens with zero attached hydrogens (tertiary/aromatic N) is 1. The molecule has 0 aliphatic heterocycles. The number of aromatic nitrogens is 2. The number of ketones is 1. The molecule has 0 amide bonds. The first kappa shape index (κ1) is 16.7. The van der Waals surface area contributed by atoms with Gasteiger partial charge in [0, 0.05) is 29.3 Å². The lowest BCUT2D eigenvalue weighted by atomic mass is 10.1. The maximum atomic E-state index is 11.8. The average molecular weight is 321 g/mol. The first-order valence-corrected chi connectivity index (χ1v) is 8.10. The van der Waals surface area contributed by atoms with Crippen molar-refractivity contribution in [3.05, 3.63) is 21.7 Å². The lowest BCUT2D eigenvalue weighted by molar-refractivity contribution is 0.101. The number of rotatable bonds is 6. The van der Waals surface area contributed by atoms with Crippen LogP contribution in [0.15, 0.2) is 0 Å². The molecule has 2 N–H and O–H groups in total. The number of ether oxygens (including phenoxy) is 1. The quantitative estimate of drug-likeness (QED) is 0.796. The van der Waals surface area contributed by atoms with E-state index in [0.717, 1.165) is 38.2 Å². The Bertz CT molecular complexity index is 688. The molecule has 120 valence electrons. The van der Waals surface area contributed by atoms with Crippen molar-refractivity contribution < 1.29 is 9.53 Å². The van der Waals surface area contributed by atoms with Gasteiger partial charge in [-0.15, -0.1) is 11.3 Å². The summed E-state index contributed by atoms with van der Waals surface area (Å²) >= 11 is 1.61. The van der Waals surface area contributed by atoms with Gasteiger partial charge in [-0.3, -0.25) is 4.79 Å². The minimum Gasteiger partial charge on any atom is -0.383 e. The number of hydrogen-bond acceptors (Lipinski definition) is 5. The lowest BCUT2D eigenvalue weighted by Crippen LogP contribution is -2.20. The number of nitrogens with one attached hydrogen (secondary N) is 2. The number of carbonyl (C=O) groups is 1. The summed E-state index contributed by atoms with van der Waals surface area (Å²) in [5.41, 5.74) is 4.48. The van der Waals surface area contributed by atoms with Gasteiger partial charge in [-0.05, 0) is 40.2 Å². The van der Waals surface area contributed by atoms with E-state index in [-0.39, 0.29) is 11.8 Å². The molecule has 0 unspecified atom stereocenters. The van der Waals surface area contributed by atoms with Crippen LogP contribution in [0.4, 0.5) is 5.13 Å². The fraction of sp³-hybridized carbons (Fsp3) is 0.500. The molecule has 6 heteroatoms. The third kappa shape index (κ3) is 3.23. The van der Waals surface area contributed by atoms with E-state index in [9.17, 15) is 4.79 Å². The molecule has 5 nitrogen and oxygen atoms in total. The van der Waals surface area contributed by atoms with Gasteiger partial charge in [0.1, 0.15) is 5.69 Å². The van der Waals surface area contributed by atoms with E-state index in [1.54, 1.807) is 25.4 Å². The first-order chi connectivity index (χ1) is 10.3. The van der Waals surface area contributed by atoms with E-state index >= 15 is 0 Å². The fourth-order valence-corrected chi connectivity index (χ4v) is 3.64. The number of anilines is 1. The van der Waals surface area contributed by atoms with Crippen LogP contribution in [-0.4, -0.2) is 35.5 Å². The van der Waals surface area contributed by atoms with Crippen molar-refractivity contribution in [2.24, 2.45) is 0 Å². The predicted octanol–water partition coefficient (Wildman–Crippen LogP) is 3.71. The van der Waals surface area contributed by atoms with Gasteiger partial charge in [0.25, 0.3) is 0 Å². The third-order valence-corrected chi connectivity index (χ3v) is 4.51. The molecule has 0 aliphatic carbocycles. The summed E-state index contributed by atoms with van der Waals surface area (Å²) in [6.45, 7) is 10.2. The maximum absolute atomic E-state index is 11.8. The van der Waals surface area contributed by atoms with Crippen molar-refractivity contribution in [3.8, 4) is 11.4 Å². The Balaban J connectivity index is 2.36. The van der Waals surface area contributed by atoms with Crippen LogP contribution in [0.3, 0.4) is 0 Å². The Morgan fingerprint density at radius 1 is 1.41 bits per heavy atom. The molecule has 2 aromatic rings. The van der Waals surface area contributed by atoms with Gasteiger partial charge in [-0.2, -0.15) is 0 Å². The van der Waals surface area contributed by atoms with Crippen LogP contribution in [0.1, 0.15) is 40.3 Å². The van der Waals surface area contributed by atoms with Gasteiger partial charge in [-0.25, -0.2) is 4.98 Å². The molecule has 0 saturated heterocycles. The molecular weight excluding hydrogens is 298 g/mol. The van der Waals surface area contributed by atoms with Crippen LogP contribution in [-0.2, 0) is 4.74 Å². The number of aromatic amines is 1. The van der Waals surface area contributed by atoms with E-state index < -0.39 is 0 Å². The topological polar surface area (TPSA) is 67.0 Å². The van der Waals surface area contributed by atoms with Crippen molar-refractivity contribution in [1.29, 1.82) is 0 Å². The van der Waals surface area contributed by atoms with Crippen molar-refractivity contribution in [2.45, 2.75) is 40.7 Å². The smallest absolute Gasteiger partial charge is 0.183 e. The zero-order valence-electron chi connectivity index (χ0n) is 14.0. The van der Waals surface area contributed by atoms with E-state index in [1.165, 1.54) is 0 Å². The Hall–Kier alpha value is -1.66. The minimum atomic E-state index is 0.0810. The summed E-state index contributed by atoms with van der Waals surface area (Å²) in [4.78, 5) is 20.9. The maximum Gasteiger partial charge on any atom is 0.183 e.